The topological polar surface area (TPSA) is 108 Å². The SMILES string of the molecule is CNC(=O)C(CCC=O)N1Cc2cc(CNC(=O)Nc3ccc(Cl)cc3C(F)(F)F)sc2C1=O. The number of aldehydes is 1. The van der Waals surface area contributed by atoms with Gasteiger partial charge >= 0.3 is 12.2 Å². The van der Waals surface area contributed by atoms with Crippen molar-refractivity contribution in [2.45, 2.75) is 38.1 Å². The van der Waals surface area contributed by atoms with Crippen LogP contribution < -0.4 is 16.0 Å². The van der Waals surface area contributed by atoms with Crippen molar-refractivity contribution in [1.82, 2.24) is 15.5 Å². The van der Waals surface area contributed by atoms with Crippen LogP contribution in [0.2, 0.25) is 5.02 Å². The van der Waals surface area contributed by atoms with E-state index in [2.05, 4.69) is 16.0 Å². The zero-order chi connectivity index (χ0) is 25.0. The molecular weight excluding hydrogens is 497 g/mol. The molecule has 1 unspecified atom stereocenters. The maximum Gasteiger partial charge on any atom is 0.418 e. The maximum atomic E-state index is 13.2. The number of halogens is 4. The summed E-state index contributed by atoms with van der Waals surface area (Å²) >= 11 is 6.75. The molecule has 13 heteroatoms. The lowest BCUT2D eigenvalue weighted by atomic mass is 10.1. The summed E-state index contributed by atoms with van der Waals surface area (Å²) in [6.45, 7) is 0.156. The van der Waals surface area contributed by atoms with Crippen LogP contribution in [0.3, 0.4) is 0 Å². The molecule has 0 saturated heterocycles. The molecule has 0 saturated carbocycles. The molecule has 8 nitrogen and oxygen atoms in total. The average Bonchev–Trinajstić information content (AvgIpc) is 3.32. The van der Waals surface area contributed by atoms with Gasteiger partial charge < -0.3 is 25.6 Å². The van der Waals surface area contributed by atoms with E-state index in [1.807, 2.05) is 0 Å². The Morgan fingerprint density at radius 2 is 2.03 bits per heavy atom. The number of likely N-dealkylation sites (N-methyl/N-ethyl adjacent to an activating group) is 1. The van der Waals surface area contributed by atoms with Crippen molar-refractivity contribution in [2.75, 3.05) is 12.4 Å². The summed E-state index contributed by atoms with van der Waals surface area (Å²) in [5.41, 5.74) is -0.843. The average molecular weight is 517 g/mol. The molecule has 0 radical (unpaired) electrons. The van der Waals surface area contributed by atoms with Crippen LogP contribution in [-0.4, -0.2) is 42.1 Å². The van der Waals surface area contributed by atoms with Gasteiger partial charge in [-0.3, -0.25) is 9.59 Å². The molecule has 2 heterocycles. The molecule has 1 aliphatic heterocycles. The molecule has 0 spiro atoms. The Balaban J connectivity index is 1.64. The number of hydrogen-bond donors (Lipinski definition) is 3. The van der Waals surface area contributed by atoms with Gasteiger partial charge in [-0.05, 0) is 36.2 Å². The highest BCUT2D eigenvalue weighted by Gasteiger charge is 2.37. The number of benzene rings is 1. The van der Waals surface area contributed by atoms with Crippen molar-refractivity contribution in [3.8, 4) is 0 Å². The number of fused-ring (bicyclic) bond motifs is 1. The fraction of sp³-hybridized carbons (Fsp3) is 0.333. The van der Waals surface area contributed by atoms with E-state index in [0.29, 0.717) is 21.6 Å². The minimum absolute atomic E-state index is 0.0181. The monoisotopic (exact) mass is 516 g/mol. The molecule has 182 valence electrons. The predicted octanol–water partition coefficient (Wildman–Crippen LogP) is 3.79. The van der Waals surface area contributed by atoms with Crippen LogP contribution in [0, 0.1) is 0 Å². The van der Waals surface area contributed by atoms with E-state index in [-0.39, 0.29) is 42.8 Å². The Bertz CT molecular complexity index is 1120. The van der Waals surface area contributed by atoms with E-state index in [1.54, 1.807) is 6.07 Å². The first-order valence-electron chi connectivity index (χ1n) is 10.0. The lowest BCUT2D eigenvalue weighted by Gasteiger charge is -2.25. The van der Waals surface area contributed by atoms with Gasteiger partial charge in [-0.15, -0.1) is 11.3 Å². The van der Waals surface area contributed by atoms with Crippen LogP contribution in [0.4, 0.5) is 23.7 Å². The first-order chi connectivity index (χ1) is 16.0. The van der Waals surface area contributed by atoms with Gasteiger partial charge in [0.2, 0.25) is 5.91 Å². The largest absolute Gasteiger partial charge is 0.418 e. The molecule has 2 aromatic rings. The highest BCUT2D eigenvalue weighted by atomic mass is 35.5. The first-order valence-corrected chi connectivity index (χ1v) is 11.2. The molecular formula is C21H20ClF3N4O4S. The summed E-state index contributed by atoms with van der Waals surface area (Å²) < 4.78 is 39.5. The number of thiophene rings is 1. The van der Waals surface area contributed by atoms with E-state index in [1.165, 1.54) is 18.0 Å². The summed E-state index contributed by atoms with van der Waals surface area (Å²) in [5, 5.41) is 7.00. The highest BCUT2D eigenvalue weighted by Crippen LogP contribution is 2.36. The van der Waals surface area contributed by atoms with Crippen molar-refractivity contribution in [2.24, 2.45) is 0 Å². The predicted molar refractivity (Wildman–Crippen MR) is 120 cm³/mol. The van der Waals surface area contributed by atoms with Gasteiger partial charge in [0.05, 0.1) is 22.7 Å². The van der Waals surface area contributed by atoms with Crippen LogP contribution in [0.1, 0.15) is 38.5 Å². The Labute approximate surface area is 201 Å². The van der Waals surface area contributed by atoms with Gasteiger partial charge in [0, 0.05) is 29.9 Å². The molecule has 4 amide bonds. The summed E-state index contributed by atoms with van der Waals surface area (Å²) in [7, 11) is 1.45. The summed E-state index contributed by atoms with van der Waals surface area (Å²) in [6, 6.07) is 3.07. The second-order valence-corrected chi connectivity index (χ2v) is 8.94. The van der Waals surface area contributed by atoms with E-state index < -0.39 is 29.5 Å². The fourth-order valence-corrected chi connectivity index (χ4v) is 4.76. The molecule has 34 heavy (non-hydrogen) atoms. The third-order valence-electron chi connectivity index (χ3n) is 5.10. The van der Waals surface area contributed by atoms with Gasteiger partial charge in [0.1, 0.15) is 12.3 Å². The third kappa shape index (κ3) is 5.68. The van der Waals surface area contributed by atoms with Gasteiger partial charge in [-0.2, -0.15) is 13.2 Å². The molecule has 0 aliphatic carbocycles. The number of amides is 4. The minimum Gasteiger partial charge on any atom is -0.357 e. The number of carbonyl (C=O) groups excluding carboxylic acids is 4. The first kappa shape index (κ1) is 25.5. The number of nitrogens with one attached hydrogen (secondary N) is 3. The molecule has 1 aromatic heterocycles. The van der Waals surface area contributed by atoms with E-state index in [4.69, 9.17) is 11.6 Å². The van der Waals surface area contributed by atoms with Gasteiger partial charge in [-0.25, -0.2) is 4.79 Å². The zero-order valence-corrected chi connectivity index (χ0v) is 19.4. The van der Waals surface area contributed by atoms with E-state index in [9.17, 15) is 32.3 Å². The van der Waals surface area contributed by atoms with Crippen molar-refractivity contribution in [3.63, 3.8) is 0 Å². The van der Waals surface area contributed by atoms with Crippen LogP contribution in [0.5, 0.6) is 0 Å². The van der Waals surface area contributed by atoms with Crippen LogP contribution >= 0.6 is 22.9 Å². The molecule has 0 fully saturated rings. The van der Waals surface area contributed by atoms with Gasteiger partial charge in [0.25, 0.3) is 5.91 Å². The number of anilines is 1. The number of alkyl halides is 3. The Hall–Kier alpha value is -3.12. The number of nitrogens with zero attached hydrogens (tertiary/aromatic N) is 1. The van der Waals surface area contributed by atoms with Crippen molar-refractivity contribution in [1.29, 1.82) is 0 Å². The van der Waals surface area contributed by atoms with Gasteiger partial charge in [0.15, 0.2) is 0 Å². The van der Waals surface area contributed by atoms with Crippen molar-refractivity contribution >= 4 is 52.8 Å². The van der Waals surface area contributed by atoms with Crippen molar-refractivity contribution < 1.29 is 32.3 Å². The van der Waals surface area contributed by atoms with Crippen molar-refractivity contribution in [3.05, 3.63) is 50.2 Å². The zero-order valence-electron chi connectivity index (χ0n) is 17.8. The Morgan fingerprint density at radius 3 is 2.65 bits per heavy atom. The summed E-state index contributed by atoms with van der Waals surface area (Å²) in [6.07, 6.45) is -3.69. The lowest BCUT2D eigenvalue weighted by Crippen LogP contribution is -2.46. The standard InChI is InChI=1S/C21H20ClF3N4O4S/c1-26-18(31)16(3-2-6-30)29-10-11-7-13(34-17(11)19(29)32)9-27-20(33)28-15-5-4-12(22)8-14(15)21(23,24)25/h4-8,16H,2-3,9-10H2,1H3,(H,26,31)(H2,27,28,33). The number of carbonyl (C=O) groups is 4. The van der Waals surface area contributed by atoms with Crippen LogP contribution in [0.25, 0.3) is 0 Å². The van der Waals surface area contributed by atoms with Crippen LogP contribution in [-0.2, 0) is 28.9 Å². The van der Waals surface area contributed by atoms with Crippen LogP contribution in [0.15, 0.2) is 24.3 Å². The summed E-state index contributed by atoms with van der Waals surface area (Å²) in [5.74, 6) is -0.726. The van der Waals surface area contributed by atoms with E-state index in [0.717, 1.165) is 23.5 Å². The molecule has 1 atom stereocenters. The molecule has 3 N–H and O–H groups in total. The minimum atomic E-state index is -4.70. The number of urea groups is 1. The van der Waals surface area contributed by atoms with E-state index >= 15 is 0 Å². The molecule has 3 rings (SSSR count). The third-order valence-corrected chi connectivity index (χ3v) is 6.50. The molecule has 0 bridgehead atoms. The maximum absolute atomic E-state index is 13.2. The fourth-order valence-electron chi connectivity index (χ4n) is 3.52. The highest BCUT2D eigenvalue weighted by molar-refractivity contribution is 7.14. The normalized spacial score (nSPS) is 13.9. The van der Waals surface area contributed by atoms with Gasteiger partial charge in [-0.1, -0.05) is 11.6 Å². The lowest BCUT2D eigenvalue weighted by molar-refractivity contribution is -0.137. The second-order valence-electron chi connectivity index (χ2n) is 7.37. The molecule has 1 aliphatic rings. The quantitative estimate of drug-likeness (QED) is 0.464. The Kier molecular flexibility index (Phi) is 7.82. The summed E-state index contributed by atoms with van der Waals surface area (Å²) in [4.78, 5) is 50.3. The smallest absolute Gasteiger partial charge is 0.357 e. The molecule has 1 aromatic carbocycles. The number of rotatable bonds is 8. The second kappa shape index (κ2) is 10.4. The Morgan fingerprint density at radius 1 is 1.29 bits per heavy atom. The number of hydrogen-bond acceptors (Lipinski definition) is 5.